The molecule has 8 heteroatoms. The van der Waals surface area contributed by atoms with E-state index in [-0.39, 0.29) is 10.5 Å². The third-order valence-corrected chi connectivity index (χ3v) is 5.21. The number of carboxylic acid groups (broad SMARTS) is 2. The molecule has 0 spiro atoms. The summed E-state index contributed by atoms with van der Waals surface area (Å²) in [6, 6.07) is 5.69. The zero-order valence-electron chi connectivity index (χ0n) is 13.0. The molecule has 2 atom stereocenters. The molecule has 2 N–H and O–H groups in total. The van der Waals surface area contributed by atoms with Crippen molar-refractivity contribution in [1.82, 2.24) is 0 Å². The number of benzene rings is 1. The summed E-state index contributed by atoms with van der Waals surface area (Å²) in [6.07, 6.45) is 3.43. The Morgan fingerprint density at radius 3 is 2.25 bits per heavy atom. The molecule has 7 nitrogen and oxygen atoms in total. The fraction of sp³-hybridized carbons (Fsp3) is 0.250. The van der Waals surface area contributed by atoms with Crippen LogP contribution in [0.4, 0.5) is 0 Å². The van der Waals surface area contributed by atoms with E-state index in [1.54, 1.807) is 19.1 Å². The van der Waals surface area contributed by atoms with Crippen LogP contribution >= 0.6 is 0 Å². The maximum Gasteiger partial charge on any atom is 0.342 e. The summed E-state index contributed by atoms with van der Waals surface area (Å²) >= 11 is 0. The smallest absolute Gasteiger partial charge is 0.342 e. The van der Waals surface area contributed by atoms with Gasteiger partial charge < -0.3 is 10.2 Å². The normalized spacial score (nSPS) is 23.6. The summed E-state index contributed by atoms with van der Waals surface area (Å²) in [6.45, 7) is 3.06. The summed E-state index contributed by atoms with van der Waals surface area (Å²) in [7, 11) is -4.41. The Hall–Kier alpha value is -2.45. The summed E-state index contributed by atoms with van der Waals surface area (Å²) in [5, 5.41) is 18.7. The van der Waals surface area contributed by atoms with Crippen molar-refractivity contribution < 1.29 is 32.4 Å². The molecule has 0 saturated heterocycles. The van der Waals surface area contributed by atoms with Crippen molar-refractivity contribution >= 4 is 22.1 Å². The Labute approximate surface area is 139 Å². The van der Waals surface area contributed by atoms with Crippen LogP contribution in [0, 0.1) is 12.8 Å². The highest BCUT2D eigenvalue weighted by Gasteiger charge is 2.50. The standard InChI is InChI=1S/C16H16O7S/c1-10-5-7-12(8-6-10)24(21,22)23-16(15(19)20)9-3-4-13(11(16)2)14(17)18/h3-9,11H,1-2H3,(H,17,18)(H,19,20)/t11-,16?/m1/s1. The van der Waals surface area contributed by atoms with Gasteiger partial charge in [-0.2, -0.15) is 8.42 Å². The molecule has 1 aromatic rings. The minimum atomic E-state index is -4.41. The second kappa shape index (κ2) is 6.21. The number of aryl methyl sites for hydroxylation is 1. The number of hydrogen-bond donors (Lipinski definition) is 2. The van der Waals surface area contributed by atoms with Gasteiger partial charge in [0.15, 0.2) is 0 Å². The number of carbonyl (C=O) groups is 2. The molecular weight excluding hydrogens is 336 g/mol. The number of aliphatic carboxylic acids is 2. The van der Waals surface area contributed by atoms with Crippen LogP contribution in [0.3, 0.4) is 0 Å². The Morgan fingerprint density at radius 1 is 1.17 bits per heavy atom. The Kier molecular flexibility index (Phi) is 4.63. The number of carboxylic acids is 2. The largest absolute Gasteiger partial charge is 0.479 e. The lowest BCUT2D eigenvalue weighted by atomic mass is 9.79. The first-order chi connectivity index (χ1) is 11.1. The molecule has 0 heterocycles. The van der Waals surface area contributed by atoms with Gasteiger partial charge in [0, 0.05) is 11.5 Å². The lowest BCUT2D eigenvalue weighted by molar-refractivity contribution is -0.154. The average Bonchev–Trinajstić information content (AvgIpc) is 2.49. The van der Waals surface area contributed by atoms with E-state index in [9.17, 15) is 23.1 Å². The van der Waals surface area contributed by atoms with E-state index >= 15 is 0 Å². The van der Waals surface area contributed by atoms with Crippen LogP contribution in [0.5, 0.6) is 0 Å². The van der Waals surface area contributed by atoms with Gasteiger partial charge in [0.1, 0.15) is 0 Å². The fourth-order valence-electron chi connectivity index (χ4n) is 2.40. The van der Waals surface area contributed by atoms with E-state index in [4.69, 9.17) is 9.29 Å². The van der Waals surface area contributed by atoms with E-state index < -0.39 is 33.6 Å². The van der Waals surface area contributed by atoms with E-state index in [2.05, 4.69) is 0 Å². The minimum absolute atomic E-state index is 0.208. The van der Waals surface area contributed by atoms with Crippen molar-refractivity contribution in [2.24, 2.45) is 5.92 Å². The van der Waals surface area contributed by atoms with Crippen LogP contribution in [-0.4, -0.2) is 36.2 Å². The van der Waals surface area contributed by atoms with Gasteiger partial charge in [0.05, 0.1) is 4.90 Å². The molecule has 0 bridgehead atoms. The van der Waals surface area contributed by atoms with Crippen molar-refractivity contribution in [3.05, 3.63) is 53.6 Å². The van der Waals surface area contributed by atoms with Crippen molar-refractivity contribution in [3.63, 3.8) is 0 Å². The summed E-state index contributed by atoms with van der Waals surface area (Å²) in [5.41, 5.74) is -1.76. The molecule has 0 aromatic heterocycles. The first-order valence-electron chi connectivity index (χ1n) is 6.98. The molecular formula is C16H16O7S. The average molecular weight is 352 g/mol. The molecule has 0 saturated carbocycles. The Balaban J connectivity index is 2.48. The van der Waals surface area contributed by atoms with E-state index in [1.165, 1.54) is 31.2 Å². The van der Waals surface area contributed by atoms with Gasteiger partial charge in [-0.05, 0) is 25.1 Å². The molecule has 0 fully saturated rings. The van der Waals surface area contributed by atoms with Gasteiger partial charge in [-0.1, -0.05) is 36.8 Å². The summed E-state index contributed by atoms with van der Waals surface area (Å²) in [4.78, 5) is 22.8. The first kappa shape index (κ1) is 17.9. The SMILES string of the molecule is Cc1ccc(S(=O)(=O)OC2(C(=O)O)C=CC=C(C(=O)O)[C@H]2C)cc1. The van der Waals surface area contributed by atoms with Crippen LogP contribution < -0.4 is 0 Å². The highest BCUT2D eigenvalue weighted by atomic mass is 32.2. The predicted molar refractivity (Wildman–Crippen MR) is 83.8 cm³/mol. The lowest BCUT2D eigenvalue weighted by Gasteiger charge is -2.33. The number of rotatable bonds is 5. The molecule has 1 aliphatic carbocycles. The lowest BCUT2D eigenvalue weighted by Crippen LogP contribution is -2.49. The summed E-state index contributed by atoms with van der Waals surface area (Å²) < 4.78 is 29.9. The van der Waals surface area contributed by atoms with Gasteiger partial charge in [0.25, 0.3) is 10.1 Å². The van der Waals surface area contributed by atoms with Crippen LogP contribution in [0.25, 0.3) is 0 Å². The molecule has 0 radical (unpaired) electrons. The minimum Gasteiger partial charge on any atom is -0.479 e. The highest BCUT2D eigenvalue weighted by molar-refractivity contribution is 7.86. The number of allylic oxidation sites excluding steroid dienone is 2. The predicted octanol–water partition coefficient (Wildman–Crippen LogP) is 1.74. The maximum absolute atomic E-state index is 12.5. The van der Waals surface area contributed by atoms with Crippen molar-refractivity contribution in [2.75, 3.05) is 0 Å². The zero-order valence-corrected chi connectivity index (χ0v) is 13.8. The third-order valence-electron chi connectivity index (χ3n) is 3.87. The first-order valence-corrected chi connectivity index (χ1v) is 8.39. The zero-order chi connectivity index (χ0) is 18.1. The van der Waals surface area contributed by atoms with Crippen molar-refractivity contribution in [1.29, 1.82) is 0 Å². The van der Waals surface area contributed by atoms with Crippen LogP contribution in [0.15, 0.2) is 53.0 Å². The molecule has 1 unspecified atom stereocenters. The van der Waals surface area contributed by atoms with Gasteiger partial charge in [0.2, 0.25) is 5.60 Å². The Morgan fingerprint density at radius 2 is 1.75 bits per heavy atom. The van der Waals surface area contributed by atoms with Crippen LogP contribution in [0.1, 0.15) is 12.5 Å². The highest BCUT2D eigenvalue weighted by Crippen LogP contribution is 2.36. The van der Waals surface area contributed by atoms with Crippen molar-refractivity contribution in [2.45, 2.75) is 24.3 Å². The Bertz CT molecular complexity index is 834. The molecule has 0 amide bonds. The maximum atomic E-state index is 12.5. The van der Waals surface area contributed by atoms with Crippen molar-refractivity contribution in [3.8, 4) is 0 Å². The second-order valence-electron chi connectivity index (χ2n) is 5.46. The van der Waals surface area contributed by atoms with E-state index in [0.29, 0.717) is 0 Å². The van der Waals surface area contributed by atoms with Crippen LogP contribution in [-0.2, 0) is 23.9 Å². The topological polar surface area (TPSA) is 118 Å². The van der Waals surface area contributed by atoms with Gasteiger partial charge >= 0.3 is 11.9 Å². The van der Waals surface area contributed by atoms with Crippen LogP contribution in [0.2, 0.25) is 0 Å². The quantitative estimate of drug-likeness (QED) is 0.775. The molecule has 24 heavy (non-hydrogen) atoms. The van der Waals surface area contributed by atoms with E-state index in [1.807, 2.05) is 0 Å². The molecule has 128 valence electrons. The monoisotopic (exact) mass is 352 g/mol. The van der Waals surface area contributed by atoms with Gasteiger partial charge in [-0.15, -0.1) is 0 Å². The summed E-state index contributed by atoms with van der Waals surface area (Å²) in [5.74, 6) is -4.14. The van der Waals surface area contributed by atoms with E-state index in [0.717, 1.165) is 11.6 Å². The van der Waals surface area contributed by atoms with Gasteiger partial charge in [-0.3, -0.25) is 0 Å². The molecule has 0 aliphatic heterocycles. The molecule has 1 aromatic carbocycles. The third kappa shape index (κ3) is 3.10. The molecule has 2 rings (SSSR count). The molecule has 1 aliphatic rings. The fourth-order valence-corrected chi connectivity index (χ4v) is 3.60. The van der Waals surface area contributed by atoms with Gasteiger partial charge in [-0.25, -0.2) is 13.8 Å². The second-order valence-corrected chi connectivity index (χ2v) is 7.00. The number of hydrogen-bond acceptors (Lipinski definition) is 5.